The summed E-state index contributed by atoms with van der Waals surface area (Å²) >= 11 is 5.53. The highest BCUT2D eigenvalue weighted by Crippen LogP contribution is 2.23. The quantitative estimate of drug-likeness (QED) is 0.735. The van der Waals surface area contributed by atoms with E-state index < -0.39 is 6.10 Å². The zero-order valence-corrected chi connectivity index (χ0v) is 13.0. The van der Waals surface area contributed by atoms with Crippen molar-refractivity contribution in [3.8, 4) is 17.0 Å². The maximum Gasteiger partial charge on any atom is 0.140 e. The fourth-order valence-electron chi connectivity index (χ4n) is 2.25. The molecule has 0 aliphatic carbocycles. The first-order valence-electron chi connectivity index (χ1n) is 7.09. The van der Waals surface area contributed by atoms with Crippen LogP contribution in [0.4, 0.5) is 0 Å². The predicted octanol–water partition coefficient (Wildman–Crippen LogP) is 3.29. The van der Waals surface area contributed by atoms with E-state index in [2.05, 4.69) is 4.98 Å². The van der Waals surface area contributed by atoms with Crippen molar-refractivity contribution in [2.75, 3.05) is 12.5 Å². The van der Waals surface area contributed by atoms with Crippen molar-refractivity contribution >= 4 is 17.2 Å². The number of aliphatic hydroxyl groups excluding tert-OH is 1. The van der Waals surface area contributed by atoms with Gasteiger partial charge in [-0.1, -0.05) is 6.07 Å². The predicted molar refractivity (Wildman–Crippen MR) is 87.6 cm³/mol. The third kappa shape index (κ3) is 3.08. The molecule has 5 heteroatoms. The summed E-state index contributed by atoms with van der Waals surface area (Å²) in [4.78, 5) is 4.66. The Kier molecular flexibility index (Phi) is 4.32. The lowest BCUT2D eigenvalue weighted by molar-refractivity contribution is 0.125. The number of aryl methyl sites for hydroxylation is 1. The van der Waals surface area contributed by atoms with Crippen LogP contribution in [0.3, 0.4) is 0 Å². The summed E-state index contributed by atoms with van der Waals surface area (Å²) in [5.41, 5.74) is 4.04. The molecule has 0 spiro atoms. The molecule has 0 saturated heterocycles. The highest BCUT2D eigenvalue weighted by molar-refractivity contribution is 6.18. The smallest absolute Gasteiger partial charge is 0.140 e. The Hall–Kier alpha value is -2.04. The molecule has 4 nitrogen and oxygen atoms in total. The second-order valence-corrected chi connectivity index (χ2v) is 5.50. The molecule has 1 aromatic carbocycles. The van der Waals surface area contributed by atoms with E-state index in [-0.39, 0.29) is 12.5 Å². The second kappa shape index (κ2) is 6.38. The Balaban J connectivity index is 1.80. The summed E-state index contributed by atoms with van der Waals surface area (Å²) < 4.78 is 7.49. The molecule has 0 fully saturated rings. The summed E-state index contributed by atoms with van der Waals surface area (Å²) in [6.45, 7) is 2.24. The number of halogens is 1. The largest absolute Gasteiger partial charge is 0.491 e. The van der Waals surface area contributed by atoms with Gasteiger partial charge in [0.2, 0.25) is 0 Å². The number of hydrogen-bond acceptors (Lipinski definition) is 3. The standard InChI is InChI=1S/C17H17ClN2O2/c1-12-3-2-8-20-10-16(19-17(12)20)13-4-6-15(7-5-13)22-11-14(21)9-18/h2-8,10,14,21H,9,11H2,1H3. The second-order valence-electron chi connectivity index (χ2n) is 5.19. The third-order valence-corrected chi connectivity index (χ3v) is 3.80. The fraction of sp³-hybridized carbons (Fsp3) is 0.235. The molecule has 114 valence electrons. The molecule has 3 rings (SSSR count). The van der Waals surface area contributed by atoms with Crippen molar-refractivity contribution in [1.29, 1.82) is 0 Å². The van der Waals surface area contributed by atoms with E-state index in [1.54, 1.807) is 0 Å². The number of imidazole rings is 1. The van der Waals surface area contributed by atoms with Crippen molar-refractivity contribution in [2.24, 2.45) is 0 Å². The number of fused-ring (bicyclic) bond motifs is 1. The van der Waals surface area contributed by atoms with Gasteiger partial charge in [0.1, 0.15) is 24.1 Å². The molecular weight excluding hydrogens is 300 g/mol. The maximum absolute atomic E-state index is 9.39. The van der Waals surface area contributed by atoms with Crippen LogP contribution in [0, 0.1) is 6.92 Å². The minimum Gasteiger partial charge on any atom is -0.491 e. The van der Waals surface area contributed by atoms with Gasteiger partial charge in [-0.3, -0.25) is 0 Å². The molecule has 0 amide bonds. The molecule has 1 N–H and O–H groups in total. The molecule has 1 atom stereocenters. The first-order valence-corrected chi connectivity index (χ1v) is 7.62. The monoisotopic (exact) mass is 316 g/mol. The summed E-state index contributed by atoms with van der Waals surface area (Å²) in [5.74, 6) is 0.867. The number of alkyl halides is 1. The molecular formula is C17H17ClN2O2. The SMILES string of the molecule is Cc1cccn2cc(-c3ccc(OCC(O)CCl)cc3)nc12. The van der Waals surface area contributed by atoms with Crippen LogP contribution in [0.25, 0.3) is 16.9 Å². The summed E-state index contributed by atoms with van der Waals surface area (Å²) in [7, 11) is 0. The minimum atomic E-state index is -0.650. The molecule has 3 aromatic rings. The zero-order valence-electron chi connectivity index (χ0n) is 12.2. The van der Waals surface area contributed by atoms with Crippen LogP contribution < -0.4 is 4.74 Å². The number of nitrogens with zero attached hydrogens (tertiary/aromatic N) is 2. The van der Waals surface area contributed by atoms with E-state index in [1.807, 2.05) is 60.1 Å². The number of aliphatic hydroxyl groups is 1. The summed E-state index contributed by atoms with van der Waals surface area (Å²) in [5, 5.41) is 9.39. The van der Waals surface area contributed by atoms with Crippen LogP contribution >= 0.6 is 11.6 Å². The van der Waals surface area contributed by atoms with Crippen molar-refractivity contribution in [2.45, 2.75) is 13.0 Å². The van der Waals surface area contributed by atoms with E-state index in [4.69, 9.17) is 16.3 Å². The van der Waals surface area contributed by atoms with Crippen LogP contribution in [0.1, 0.15) is 5.56 Å². The first-order chi connectivity index (χ1) is 10.7. The van der Waals surface area contributed by atoms with Crippen LogP contribution in [0.2, 0.25) is 0 Å². The minimum absolute atomic E-state index is 0.165. The van der Waals surface area contributed by atoms with Crippen molar-refractivity contribution in [1.82, 2.24) is 9.38 Å². The van der Waals surface area contributed by atoms with Crippen LogP contribution in [0.5, 0.6) is 5.75 Å². The maximum atomic E-state index is 9.39. The van der Waals surface area contributed by atoms with Crippen LogP contribution in [0.15, 0.2) is 48.8 Å². The van der Waals surface area contributed by atoms with Crippen molar-refractivity contribution < 1.29 is 9.84 Å². The van der Waals surface area contributed by atoms with Gasteiger partial charge < -0.3 is 14.2 Å². The van der Waals surface area contributed by atoms with Gasteiger partial charge >= 0.3 is 0 Å². The number of hydrogen-bond donors (Lipinski definition) is 1. The average Bonchev–Trinajstić information content (AvgIpc) is 2.98. The van der Waals surface area contributed by atoms with E-state index >= 15 is 0 Å². The number of benzene rings is 1. The lowest BCUT2D eigenvalue weighted by Crippen LogP contribution is -2.18. The molecule has 2 aromatic heterocycles. The molecule has 1 unspecified atom stereocenters. The first kappa shape index (κ1) is 14.9. The molecule has 0 aliphatic rings. The Labute approximate surface area is 133 Å². The highest BCUT2D eigenvalue weighted by Gasteiger charge is 2.07. The number of aromatic nitrogens is 2. The van der Waals surface area contributed by atoms with E-state index in [9.17, 15) is 5.11 Å². The molecule has 0 aliphatic heterocycles. The van der Waals surface area contributed by atoms with E-state index in [0.29, 0.717) is 5.75 Å². The van der Waals surface area contributed by atoms with Gasteiger partial charge in [-0.25, -0.2) is 4.98 Å². The zero-order chi connectivity index (χ0) is 15.5. The Bertz CT molecular complexity index is 768. The lowest BCUT2D eigenvalue weighted by Gasteiger charge is -2.09. The van der Waals surface area contributed by atoms with Gasteiger partial charge in [-0.15, -0.1) is 11.6 Å². The average molecular weight is 317 g/mol. The Morgan fingerprint density at radius 1 is 1.27 bits per heavy atom. The topological polar surface area (TPSA) is 46.8 Å². The molecule has 0 bridgehead atoms. The van der Waals surface area contributed by atoms with Crippen LogP contribution in [-0.4, -0.2) is 33.1 Å². The van der Waals surface area contributed by atoms with Gasteiger partial charge in [0.25, 0.3) is 0 Å². The van der Waals surface area contributed by atoms with Crippen molar-refractivity contribution in [3.05, 3.63) is 54.4 Å². The van der Waals surface area contributed by atoms with Gasteiger partial charge in [0.05, 0.1) is 11.6 Å². The van der Waals surface area contributed by atoms with Gasteiger partial charge in [-0.2, -0.15) is 0 Å². The van der Waals surface area contributed by atoms with Gasteiger partial charge in [-0.05, 0) is 42.8 Å². The summed E-state index contributed by atoms with van der Waals surface area (Å²) in [6.07, 6.45) is 3.35. The number of pyridine rings is 1. The summed E-state index contributed by atoms with van der Waals surface area (Å²) in [6, 6.07) is 11.7. The Morgan fingerprint density at radius 2 is 2.05 bits per heavy atom. The van der Waals surface area contributed by atoms with E-state index in [0.717, 1.165) is 22.5 Å². The fourth-order valence-corrected chi connectivity index (χ4v) is 2.34. The molecule has 0 saturated carbocycles. The lowest BCUT2D eigenvalue weighted by atomic mass is 10.1. The van der Waals surface area contributed by atoms with Gasteiger partial charge in [0.15, 0.2) is 0 Å². The Morgan fingerprint density at radius 3 is 2.73 bits per heavy atom. The van der Waals surface area contributed by atoms with Crippen LogP contribution in [-0.2, 0) is 0 Å². The highest BCUT2D eigenvalue weighted by atomic mass is 35.5. The normalized spacial score (nSPS) is 12.5. The van der Waals surface area contributed by atoms with Gasteiger partial charge in [0, 0.05) is 18.0 Å². The number of ether oxygens (including phenoxy) is 1. The number of rotatable bonds is 5. The molecule has 22 heavy (non-hydrogen) atoms. The van der Waals surface area contributed by atoms with E-state index in [1.165, 1.54) is 0 Å². The molecule has 2 heterocycles. The van der Waals surface area contributed by atoms with Crippen molar-refractivity contribution in [3.63, 3.8) is 0 Å². The third-order valence-electron chi connectivity index (χ3n) is 3.45. The molecule has 0 radical (unpaired) electrons.